The molecular formula is C14H12O3. The molecule has 0 fully saturated rings. The van der Waals surface area contributed by atoms with Gasteiger partial charge in [-0.2, -0.15) is 0 Å². The van der Waals surface area contributed by atoms with Gasteiger partial charge in [-0.15, -0.1) is 6.42 Å². The minimum atomic E-state index is -0.486. The van der Waals surface area contributed by atoms with E-state index in [-0.39, 0.29) is 12.4 Å². The molecule has 3 nitrogen and oxygen atoms in total. The zero-order valence-corrected chi connectivity index (χ0v) is 9.31. The number of aldehydes is 1. The van der Waals surface area contributed by atoms with Crippen molar-refractivity contribution in [1.29, 1.82) is 0 Å². The zero-order valence-electron chi connectivity index (χ0n) is 9.31. The van der Waals surface area contributed by atoms with E-state index in [0.717, 1.165) is 18.3 Å². The van der Waals surface area contributed by atoms with Crippen molar-refractivity contribution in [2.45, 2.75) is 12.8 Å². The number of Topliss-reactive ketones (excluding diaryl/α,β-unsaturated/α-hetero) is 1. The van der Waals surface area contributed by atoms with Gasteiger partial charge in [0.15, 0.2) is 5.78 Å². The summed E-state index contributed by atoms with van der Waals surface area (Å²) in [4.78, 5) is 22.6. The number of benzene rings is 1. The second-order valence-corrected chi connectivity index (χ2v) is 3.96. The van der Waals surface area contributed by atoms with Crippen molar-refractivity contribution in [3.63, 3.8) is 0 Å². The molecule has 1 unspecified atom stereocenters. The summed E-state index contributed by atoms with van der Waals surface area (Å²) in [6.07, 6.45) is 7.13. The van der Waals surface area contributed by atoms with Gasteiger partial charge in [-0.3, -0.25) is 4.79 Å². The number of terminal acetylenes is 1. The Balaban J connectivity index is 2.27. The molecule has 0 saturated carbocycles. The van der Waals surface area contributed by atoms with Gasteiger partial charge >= 0.3 is 0 Å². The highest BCUT2D eigenvalue weighted by molar-refractivity contribution is 6.07. The summed E-state index contributed by atoms with van der Waals surface area (Å²) in [7, 11) is 0. The third kappa shape index (κ3) is 2.21. The lowest BCUT2D eigenvalue weighted by Crippen LogP contribution is -2.23. The number of fused-ring (bicyclic) bond motifs is 1. The summed E-state index contributed by atoms with van der Waals surface area (Å²) in [6, 6.07) is 5.24. The number of carbonyl (C=O) groups excluding carboxylic acids is 2. The lowest BCUT2D eigenvalue weighted by molar-refractivity contribution is -0.110. The molecule has 1 atom stereocenters. The first-order valence-corrected chi connectivity index (χ1v) is 5.45. The van der Waals surface area contributed by atoms with Crippen molar-refractivity contribution in [2.24, 2.45) is 5.92 Å². The minimum absolute atomic E-state index is 0.0928. The molecule has 2 rings (SSSR count). The molecule has 0 saturated heterocycles. The summed E-state index contributed by atoms with van der Waals surface area (Å²) in [5, 5.41) is 0. The van der Waals surface area contributed by atoms with E-state index < -0.39 is 5.92 Å². The molecule has 0 amide bonds. The maximum Gasteiger partial charge on any atom is 0.173 e. The number of aryl methyl sites for hydroxylation is 1. The van der Waals surface area contributed by atoms with E-state index in [0.29, 0.717) is 17.7 Å². The molecule has 17 heavy (non-hydrogen) atoms. The van der Waals surface area contributed by atoms with E-state index in [2.05, 4.69) is 5.92 Å². The molecule has 0 heterocycles. The van der Waals surface area contributed by atoms with E-state index in [9.17, 15) is 9.59 Å². The van der Waals surface area contributed by atoms with Crippen LogP contribution in [0.3, 0.4) is 0 Å². The normalized spacial score (nSPS) is 18.1. The van der Waals surface area contributed by atoms with Crippen LogP contribution in [0.4, 0.5) is 0 Å². The topological polar surface area (TPSA) is 43.4 Å². The average Bonchev–Trinajstić information content (AvgIpc) is 2.37. The molecule has 1 aromatic carbocycles. The Morgan fingerprint density at radius 3 is 3.06 bits per heavy atom. The van der Waals surface area contributed by atoms with Gasteiger partial charge in [-0.1, -0.05) is 5.92 Å². The Labute approximate surface area is 99.8 Å². The van der Waals surface area contributed by atoms with Crippen molar-refractivity contribution in [3.8, 4) is 18.1 Å². The maximum absolute atomic E-state index is 11.9. The smallest absolute Gasteiger partial charge is 0.173 e. The molecule has 0 N–H and O–H groups in total. The van der Waals surface area contributed by atoms with Gasteiger partial charge in [0.25, 0.3) is 0 Å². The van der Waals surface area contributed by atoms with Crippen LogP contribution in [0, 0.1) is 18.3 Å². The zero-order chi connectivity index (χ0) is 12.3. The second kappa shape index (κ2) is 4.84. The maximum atomic E-state index is 11.9. The molecular weight excluding hydrogens is 216 g/mol. The molecule has 3 heteroatoms. The summed E-state index contributed by atoms with van der Waals surface area (Å²) >= 11 is 0. The molecule has 1 aliphatic carbocycles. The van der Waals surface area contributed by atoms with Gasteiger partial charge in [0.2, 0.25) is 0 Å². The molecule has 1 aliphatic rings. The fraction of sp³-hybridized carbons (Fsp3) is 0.286. The van der Waals surface area contributed by atoms with Crippen LogP contribution in [0.2, 0.25) is 0 Å². The number of carbonyl (C=O) groups is 2. The fourth-order valence-electron chi connectivity index (χ4n) is 2.00. The number of hydrogen-bond donors (Lipinski definition) is 0. The van der Waals surface area contributed by atoms with E-state index >= 15 is 0 Å². The summed E-state index contributed by atoms with van der Waals surface area (Å²) in [5.41, 5.74) is 1.56. The minimum Gasteiger partial charge on any atom is -0.481 e. The van der Waals surface area contributed by atoms with Gasteiger partial charge in [-0.25, -0.2) is 0 Å². The van der Waals surface area contributed by atoms with E-state index in [1.54, 1.807) is 12.1 Å². The van der Waals surface area contributed by atoms with Crippen LogP contribution < -0.4 is 4.74 Å². The first-order chi connectivity index (χ1) is 8.26. The average molecular weight is 228 g/mol. The molecule has 0 bridgehead atoms. The van der Waals surface area contributed by atoms with Crippen LogP contribution in [-0.4, -0.2) is 18.7 Å². The van der Waals surface area contributed by atoms with Crippen LogP contribution in [0.15, 0.2) is 18.2 Å². The predicted molar refractivity (Wildman–Crippen MR) is 63.0 cm³/mol. The number of ether oxygens (including phenoxy) is 1. The third-order valence-electron chi connectivity index (χ3n) is 2.89. The highest BCUT2D eigenvalue weighted by Gasteiger charge is 2.26. The fourth-order valence-corrected chi connectivity index (χ4v) is 2.00. The van der Waals surface area contributed by atoms with Crippen molar-refractivity contribution in [3.05, 3.63) is 29.3 Å². The Morgan fingerprint density at radius 2 is 2.35 bits per heavy atom. The van der Waals surface area contributed by atoms with Crippen LogP contribution >= 0.6 is 0 Å². The van der Waals surface area contributed by atoms with Crippen LogP contribution in [0.1, 0.15) is 22.3 Å². The van der Waals surface area contributed by atoms with Crippen molar-refractivity contribution < 1.29 is 14.3 Å². The molecule has 86 valence electrons. The first-order valence-electron chi connectivity index (χ1n) is 5.45. The third-order valence-corrected chi connectivity index (χ3v) is 2.89. The molecule has 0 radical (unpaired) electrons. The van der Waals surface area contributed by atoms with E-state index in [1.165, 1.54) is 0 Å². The lowest BCUT2D eigenvalue weighted by Gasteiger charge is -2.19. The van der Waals surface area contributed by atoms with Crippen LogP contribution in [0.5, 0.6) is 5.75 Å². The van der Waals surface area contributed by atoms with Crippen molar-refractivity contribution in [2.75, 3.05) is 6.61 Å². The van der Waals surface area contributed by atoms with Gasteiger partial charge in [0.05, 0.1) is 5.92 Å². The van der Waals surface area contributed by atoms with Crippen LogP contribution in [-0.2, 0) is 11.2 Å². The quantitative estimate of drug-likeness (QED) is 0.449. The number of ketones is 1. The number of hydrogen-bond acceptors (Lipinski definition) is 3. The Morgan fingerprint density at radius 1 is 1.53 bits per heavy atom. The SMILES string of the molecule is C#CCOc1ccc2c(c1)CCC(C=O)C2=O. The molecule has 0 aromatic heterocycles. The van der Waals surface area contributed by atoms with Gasteiger partial charge in [0, 0.05) is 5.56 Å². The largest absolute Gasteiger partial charge is 0.481 e. The van der Waals surface area contributed by atoms with Gasteiger partial charge in [0.1, 0.15) is 18.6 Å². The Kier molecular flexibility index (Phi) is 3.24. The standard InChI is InChI=1S/C14H12O3/c1-2-7-17-12-5-6-13-10(8-12)3-4-11(9-15)14(13)16/h1,5-6,8-9,11H,3-4,7H2. The molecule has 0 spiro atoms. The Bertz CT molecular complexity index is 497. The summed E-state index contributed by atoms with van der Waals surface area (Å²) in [6.45, 7) is 0.212. The van der Waals surface area contributed by atoms with Crippen LogP contribution in [0.25, 0.3) is 0 Å². The first kappa shape index (κ1) is 11.4. The van der Waals surface area contributed by atoms with Gasteiger partial charge < -0.3 is 9.53 Å². The second-order valence-electron chi connectivity index (χ2n) is 3.96. The highest BCUT2D eigenvalue weighted by Crippen LogP contribution is 2.27. The Hall–Kier alpha value is -2.08. The lowest BCUT2D eigenvalue weighted by atomic mass is 9.83. The number of rotatable bonds is 3. The van der Waals surface area contributed by atoms with E-state index in [1.807, 2.05) is 6.07 Å². The summed E-state index contributed by atoms with van der Waals surface area (Å²) < 4.78 is 5.29. The molecule has 0 aliphatic heterocycles. The predicted octanol–water partition coefficient (Wildman–Crippen LogP) is 1.64. The van der Waals surface area contributed by atoms with Crippen molar-refractivity contribution >= 4 is 12.1 Å². The monoisotopic (exact) mass is 228 g/mol. The molecule has 1 aromatic rings. The van der Waals surface area contributed by atoms with E-state index in [4.69, 9.17) is 11.2 Å². The van der Waals surface area contributed by atoms with Crippen molar-refractivity contribution in [1.82, 2.24) is 0 Å². The summed E-state index contributed by atoms with van der Waals surface area (Å²) in [5.74, 6) is 2.47. The highest BCUT2D eigenvalue weighted by atomic mass is 16.5. The van der Waals surface area contributed by atoms with Gasteiger partial charge in [-0.05, 0) is 36.6 Å².